The standard InChI is InChI=1S/C14H17NO6.C2H4/c1-15(2)12-5-3-11(4-6-12)13(17)14(18)19-9-10-21-20-8-7-16;1-2/h3-8,16H,9-10H2,1-2H3;1-2H2/b8-7-;. The molecule has 23 heavy (non-hydrogen) atoms. The van der Waals surface area contributed by atoms with Gasteiger partial charge in [-0.05, 0) is 24.3 Å². The smallest absolute Gasteiger partial charge is 0.379 e. The van der Waals surface area contributed by atoms with E-state index in [-0.39, 0.29) is 18.8 Å². The fourth-order valence-corrected chi connectivity index (χ4v) is 1.37. The SMILES string of the molecule is C=C.CN(C)c1ccc(C(=O)C(=O)OCCOO/C=C\O)cc1. The normalized spacial score (nSPS) is 9.65. The van der Waals surface area contributed by atoms with Crippen LogP contribution in [0, 0.1) is 0 Å². The molecular weight excluding hydrogens is 302 g/mol. The first-order valence-electron chi connectivity index (χ1n) is 6.62. The Balaban J connectivity index is 0.00000232. The van der Waals surface area contributed by atoms with Crippen LogP contribution < -0.4 is 4.90 Å². The average Bonchev–Trinajstić information content (AvgIpc) is 2.59. The Kier molecular flexibility index (Phi) is 10.4. The zero-order valence-corrected chi connectivity index (χ0v) is 13.2. The third-order valence-electron chi connectivity index (χ3n) is 2.42. The highest BCUT2D eigenvalue weighted by molar-refractivity contribution is 6.40. The van der Waals surface area contributed by atoms with E-state index in [1.165, 1.54) is 0 Å². The monoisotopic (exact) mass is 323 g/mol. The highest BCUT2D eigenvalue weighted by Gasteiger charge is 2.17. The number of hydrogen-bond acceptors (Lipinski definition) is 7. The summed E-state index contributed by atoms with van der Waals surface area (Å²) in [5, 5.41) is 8.25. The van der Waals surface area contributed by atoms with Gasteiger partial charge in [0.25, 0.3) is 5.78 Å². The van der Waals surface area contributed by atoms with Gasteiger partial charge in [0, 0.05) is 25.3 Å². The van der Waals surface area contributed by atoms with Crippen LogP contribution in [0.15, 0.2) is 49.9 Å². The van der Waals surface area contributed by atoms with Gasteiger partial charge in [-0.15, -0.1) is 13.2 Å². The number of nitrogens with zero attached hydrogens (tertiary/aromatic N) is 1. The molecule has 1 aromatic carbocycles. The summed E-state index contributed by atoms with van der Waals surface area (Å²) >= 11 is 0. The second kappa shape index (κ2) is 11.8. The molecule has 0 aliphatic carbocycles. The molecule has 0 saturated carbocycles. The zero-order valence-electron chi connectivity index (χ0n) is 13.2. The summed E-state index contributed by atoms with van der Waals surface area (Å²) in [7, 11) is 3.75. The van der Waals surface area contributed by atoms with Crippen LogP contribution in [0.25, 0.3) is 0 Å². The fourth-order valence-electron chi connectivity index (χ4n) is 1.37. The first-order valence-corrected chi connectivity index (χ1v) is 6.62. The number of carbonyl (C=O) groups excluding carboxylic acids is 2. The van der Waals surface area contributed by atoms with Crippen molar-refractivity contribution in [3.05, 3.63) is 55.5 Å². The van der Waals surface area contributed by atoms with E-state index in [2.05, 4.69) is 22.9 Å². The van der Waals surface area contributed by atoms with Crippen LogP contribution >= 0.6 is 0 Å². The van der Waals surface area contributed by atoms with Crippen LogP contribution in [0.5, 0.6) is 0 Å². The van der Waals surface area contributed by atoms with Crippen LogP contribution in [0.1, 0.15) is 10.4 Å². The lowest BCUT2D eigenvalue weighted by molar-refractivity contribution is -0.254. The quantitative estimate of drug-likeness (QED) is 0.115. The summed E-state index contributed by atoms with van der Waals surface area (Å²) in [6.45, 7) is 5.79. The molecule has 0 radical (unpaired) electrons. The number of Topliss-reactive ketones (excluding diaryl/α,β-unsaturated/α-hetero) is 1. The van der Waals surface area contributed by atoms with Gasteiger partial charge in [-0.25, -0.2) is 4.79 Å². The zero-order chi connectivity index (χ0) is 17.7. The van der Waals surface area contributed by atoms with Crippen molar-refractivity contribution < 1.29 is 29.2 Å². The minimum Gasteiger partial charge on any atom is -0.512 e. The van der Waals surface area contributed by atoms with Crippen LogP contribution in [-0.2, 0) is 19.3 Å². The van der Waals surface area contributed by atoms with Crippen molar-refractivity contribution in [2.24, 2.45) is 0 Å². The molecule has 1 aromatic rings. The lowest BCUT2D eigenvalue weighted by Crippen LogP contribution is -2.20. The van der Waals surface area contributed by atoms with E-state index in [1.807, 2.05) is 19.0 Å². The summed E-state index contributed by atoms with van der Waals surface area (Å²) in [4.78, 5) is 34.0. The molecule has 126 valence electrons. The van der Waals surface area contributed by atoms with Gasteiger partial charge in [0.2, 0.25) is 0 Å². The summed E-state index contributed by atoms with van der Waals surface area (Å²) < 4.78 is 4.73. The van der Waals surface area contributed by atoms with E-state index in [9.17, 15) is 9.59 Å². The maximum Gasteiger partial charge on any atom is 0.379 e. The van der Waals surface area contributed by atoms with Gasteiger partial charge in [-0.2, -0.15) is 4.89 Å². The number of hydrogen-bond donors (Lipinski definition) is 1. The van der Waals surface area contributed by atoms with Gasteiger partial charge < -0.3 is 19.6 Å². The molecule has 0 aliphatic rings. The number of carbonyl (C=O) groups is 2. The molecule has 0 saturated heterocycles. The van der Waals surface area contributed by atoms with E-state index in [1.54, 1.807) is 24.3 Å². The van der Waals surface area contributed by atoms with E-state index in [4.69, 9.17) is 9.84 Å². The number of esters is 1. The topological polar surface area (TPSA) is 85.3 Å². The van der Waals surface area contributed by atoms with Crippen LogP contribution in [0.2, 0.25) is 0 Å². The molecule has 1 N–H and O–H groups in total. The molecule has 0 spiro atoms. The molecule has 1 rings (SSSR count). The van der Waals surface area contributed by atoms with E-state index in [0.717, 1.165) is 11.9 Å². The van der Waals surface area contributed by atoms with Gasteiger partial charge in [-0.1, -0.05) is 0 Å². The maximum absolute atomic E-state index is 11.8. The Morgan fingerprint density at radius 1 is 1.17 bits per heavy atom. The highest BCUT2D eigenvalue weighted by atomic mass is 17.2. The second-order valence-corrected chi connectivity index (χ2v) is 4.11. The minimum atomic E-state index is -0.964. The van der Waals surface area contributed by atoms with Gasteiger partial charge in [0.05, 0.1) is 0 Å². The summed E-state index contributed by atoms with van der Waals surface area (Å²) in [6, 6.07) is 6.59. The second-order valence-electron chi connectivity index (χ2n) is 4.11. The summed E-state index contributed by atoms with van der Waals surface area (Å²) in [5.74, 6) is -1.69. The number of aliphatic hydroxyl groups is 1. The van der Waals surface area contributed by atoms with Crippen molar-refractivity contribution in [2.45, 2.75) is 0 Å². The number of rotatable bonds is 8. The van der Waals surface area contributed by atoms with Crippen LogP contribution in [0.4, 0.5) is 5.69 Å². The number of aliphatic hydroxyl groups excluding tert-OH is 1. The molecule has 0 aliphatic heterocycles. The van der Waals surface area contributed by atoms with Gasteiger partial charge in [0.15, 0.2) is 6.26 Å². The van der Waals surface area contributed by atoms with Gasteiger partial charge in [-0.3, -0.25) is 4.79 Å². The number of ketones is 1. The Bertz CT molecular complexity index is 510. The number of anilines is 1. The Hall–Kier alpha value is -2.80. The summed E-state index contributed by atoms with van der Waals surface area (Å²) in [5.41, 5.74) is 1.17. The average molecular weight is 323 g/mol. The van der Waals surface area contributed by atoms with E-state index >= 15 is 0 Å². The number of benzene rings is 1. The predicted octanol–water partition coefficient (Wildman–Crippen LogP) is 2.26. The molecular formula is C16H21NO6. The predicted molar refractivity (Wildman–Crippen MR) is 86.1 cm³/mol. The van der Waals surface area contributed by atoms with Crippen LogP contribution in [0.3, 0.4) is 0 Å². The van der Waals surface area contributed by atoms with Crippen molar-refractivity contribution in [3.63, 3.8) is 0 Å². The third-order valence-corrected chi connectivity index (χ3v) is 2.42. The largest absolute Gasteiger partial charge is 0.512 e. The molecule has 0 fully saturated rings. The van der Waals surface area contributed by atoms with E-state index < -0.39 is 11.8 Å². The van der Waals surface area contributed by atoms with Crippen molar-refractivity contribution in [1.82, 2.24) is 0 Å². The number of ether oxygens (including phenoxy) is 1. The Labute approximate surface area is 135 Å². The molecule has 0 bridgehead atoms. The van der Waals surface area contributed by atoms with Crippen molar-refractivity contribution in [1.29, 1.82) is 0 Å². The lowest BCUT2D eigenvalue weighted by Gasteiger charge is -2.12. The fraction of sp³-hybridized carbons (Fsp3) is 0.250. The Morgan fingerprint density at radius 2 is 1.78 bits per heavy atom. The molecule has 0 heterocycles. The van der Waals surface area contributed by atoms with Crippen molar-refractivity contribution in [3.8, 4) is 0 Å². The lowest BCUT2D eigenvalue weighted by atomic mass is 10.1. The Morgan fingerprint density at radius 3 is 2.30 bits per heavy atom. The van der Waals surface area contributed by atoms with Gasteiger partial charge in [0.1, 0.15) is 19.5 Å². The third kappa shape index (κ3) is 7.68. The molecule has 0 atom stereocenters. The molecule has 0 amide bonds. The van der Waals surface area contributed by atoms with Gasteiger partial charge >= 0.3 is 5.97 Å². The van der Waals surface area contributed by atoms with Crippen molar-refractivity contribution >= 4 is 17.4 Å². The molecule has 7 heteroatoms. The van der Waals surface area contributed by atoms with E-state index in [0.29, 0.717) is 6.26 Å². The molecule has 7 nitrogen and oxygen atoms in total. The van der Waals surface area contributed by atoms with Crippen LogP contribution in [-0.4, -0.2) is 44.2 Å². The minimum absolute atomic E-state index is 0.0665. The molecule has 0 aromatic heterocycles. The first-order chi connectivity index (χ1) is 11.1. The summed E-state index contributed by atoms with van der Waals surface area (Å²) in [6.07, 6.45) is 1.55. The molecule has 0 unspecified atom stereocenters. The first kappa shape index (κ1) is 20.2. The van der Waals surface area contributed by atoms with Crippen molar-refractivity contribution in [2.75, 3.05) is 32.2 Å². The highest BCUT2D eigenvalue weighted by Crippen LogP contribution is 2.12. The maximum atomic E-state index is 11.8.